The van der Waals surface area contributed by atoms with Gasteiger partial charge in [-0.3, -0.25) is 4.90 Å². The molecule has 1 aromatic heterocycles. The summed E-state index contributed by atoms with van der Waals surface area (Å²) in [5, 5.41) is 3.48. The summed E-state index contributed by atoms with van der Waals surface area (Å²) < 4.78 is 0. The highest BCUT2D eigenvalue weighted by Gasteiger charge is 2.24. The Hall–Kier alpha value is -0.820. The molecule has 20 heavy (non-hydrogen) atoms. The van der Waals surface area contributed by atoms with E-state index in [0.717, 1.165) is 32.1 Å². The van der Waals surface area contributed by atoms with Crippen LogP contribution in [0.1, 0.15) is 41.5 Å². The second-order valence-corrected chi connectivity index (χ2v) is 7.13. The maximum Gasteiger partial charge on any atom is 0.0601 e. The van der Waals surface area contributed by atoms with Gasteiger partial charge in [-0.15, -0.1) is 17.8 Å². The lowest BCUT2D eigenvalue weighted by atomic mass is 10.2. The minimum Gasteiger partial charge on any atom is -0.312 e. The Morgan fingerprint density at radius 3 is 2.95 bits per heavy atom. The SMILES string of the molecule is C#CCN(Cc1cc(CNCCC)sc1C)CC1CC1. The number of hydrogen-bond donors (Lipinski definition) is 1. The third-order valence-electron chi connectivity index (χ3n) is 3.72. The van der Waals surface area contributed by atoms with E-state index in [9.17, 15) is 0 Å². The number of rotatable bonds is 9. The Morgan fingerprint density at radius 1 is 1.50 bits per heavy atom. The van der Waals surface area contributed by atoms with Crippen molar-refractivity contribution in [1.82, 2.24) is 10.2 Å². The second-order valence-electron chi connectivity index (χ2n) is 5.79. The first-order chi connectivity index (χ1) is 9.72. The summed E-state index contributed by atoms with van der Waals surface area (Å²) >= 11 is 1.92. The molecule has 0 bridgehead atoms. The van der Waals surface area contributed by atoms with E-state index < -0.39 is 0 Å². The summed E-state index contributed by atoms with van der Waals surface area (Å²) in [5.74, 6) is 3.70. The average molecular weight is 290 g/mol. The van der Waals surface area contributed by atoms with E-state index in [1.54, 1.807) is 0 Å². The number of nitrogens with one attached hydrogen (secondary N) is 1. The van der Waals surface area contributed by atoms with Gasteiger partial charge in [-0.2, -0.15) is 0 Å². The Kier molecular flexibility index (Phi) is 6.09. The molecule has 1 N–H and O–H groups in total. The fourth-order valence-corrected chi connectivity index (χ4v) is 3.46. The molecule has 110 valence electrons. The first-order valence-electron chi connectivity index (χ1n) is 7.67. The van der Waals surface area contributed by atoms with Crippen LogP contribution < -0.4 is 5.32 Å². The molecule has 0 radical (unpaired) electrons. The molecule has 1 heterocycles. The van der Waals surface area contributed by atoms with Gasteiger partial charge >= 0.3 is 0 Å². The van der Waals surface area contributed by atoms with Crippen LogP contribution in [0.4, 0.5) is 0 Å². The maximum absolute atomic E-state index is 5.50. The van der Waals surface area contributed by atoms with Gasteiger partial charge in [0.2, 0.25) is 0 Å². The molecule has 0 unspecified atom stereocenters. The zero-order valence-electron chi connectivity index (χ0n) is 12.7. The molecular formula is C17H26N2S. The van der Waals surface area contributed by atoms with Crippen LogP contribution in [-0.2, 0) is 13.1 Å². The highest BCUT2D eigenvalue weighted by atomic mass is 32.1. The molecule has 0 aromatic carbocycles. The molecule has 0 saturated heterocycles. The van der Waals surface area contributed by atoms with Crippen molar-refractivity contribution in [2.45, 2.75) is 46.2 Å². The van der Waals surface area contributed by atoms with Gasteiger partial charge in [0, 0.05) is 29.4 Å². The number of terminal acetylenes is 1. The second kappa shape index (κ2) is 7.83. The summed E-state index contributed by atoms with van der Waals surface area (Å²) in [4.78, 5) is 5.31. The van der Waals surface area contributed by atoms with Crippen molar-refractivity contribution in [2.24, 2.45) is 5.92 Å². The van der Waals surface area contributed by atoms with Crippen LogP contribution >= 0.6 is 11.3 Å². The fraction of sp³-hybridized carbons (Fsp3) is 0.647. The summed E-state index contributed by atoms with van der Waals surface area (Å²) in [6, 6.07) is 2.36. The van der Waals surface area contributed by atoms with Crippen LogP contribution in [0.3, 0.4) is 0 Å². The predicted octanol–water partition coefficient (Wildman–Crippen LogP) is 3.40. The Labute approximate surface area is 127 Å². The normalized spacial score (nSPS) is 14.7. The lowest BCUT2D eigenvalue weighted by Gasteiger charge is -2.19. The molecule has 1 aliphatic carbocycles. The lowest BCUT2D eigenvalue weighted by Crippen LogP contribution is -2.26. The van der Waals surface area contributed by atoms with Gasteiger partial charge in [0.1, 0.15) is 0 Å². The lowest BCUT2D eigenvalue weighted by molar-refractivity contribution is 0.286. The van der Waals surface area contributed by atoms with Crippen molar-refractivity contribution in [3.63, 3.8) is 0 Å². The van der Waals surface area contributed by atoms with E-state index in [0.29, 0.717) is 0 Å². The molecule has 0 amide bonds. The first-order valence-corrected chi connectivity index (χ1v) is 8.49. The van der Waals surface area contributed by atoms with Gasteiger partial charge in [0.15, 0.2) is 0 Å². The molecule has 0 spiro atoms. The zero-order valence-corrected chi connectivity index (χ0v) is 13.6. The number of hydrogen-bond acceptors (Lipinski definition) is 3. The van der Waals surface area contributed by atoms with Gasteiger partial charge in [0.05, 0.1) is 6.54 Å². The Balaban J connectivity index is 1.90. The molecule has 1 saturated carbocycles. The summed E-state index contributed by atoms with van der Waals surface area (Å²) in [6.45, 7) is 9.48. The molecular weight excluding hydrogens is 264 g/mol. The van der Waals surface area contributed by atoms with Crippen molar-refractivity contribution in [3.05, 3.63) is 21.4 Å². The zero-order chi connectivity index (χ0) is 14.4. The van der Waals surface area contributed by atoms with Crippen LogP contribution in [0.15, 0.2) is 6.07 Å². The predicted molar refractivity (Wildman–Crippen MR) is 87.9 cm³/mol. The Bertz CT molecular complexity index is 454. The van der Waals surface area contributed by atoms with E-state index in [-0.39, 0.29) is 0 Å². The smallest absolute Gasteiger partial charge is 0.0601 e. The quantitative estimate of drug-likeness (QED) is 0.554. The maximum atomic E-state index is 5.50. The van der Waals surface area contributed by atoms with E-state index in [1.165, 1.54) is 41.1 Å². The minimum atomic E-state index is 0.773. The van der Waals surface area contributed by atoms with Crippen LogP contribution in [0.2, 0.25) is 0 Å². The van der Waals surface area contributed by atoms with E-state index >= 15 is 0 Å². The standard InChI is InChI=1S/C17H26N2S/c1-4-8-18-11-17-10-16(14(3)20-17)13-19(9-5-2)12-15-6-7-15/h2,10,15,18H,4,6-9,11-13H2,1,3H3. The molecule has 1 aliphatic rings. The molecule has 0 aliphatic heterocycles. The summed E-state index contributed by atoms with van der Waals surface area (Å²) in [6.07, 6.45) is 9.46. The first kappa shape index (κ1) is 15.6. The average Bonchev–Trinajstić information content (AvgIpc) is 3.15. The van der Waals surface area contributed by atoms with Crippen LogP contribution in [0.25, 0.3) is 0 Å². The Morgan fingerprint density at radius 2 is 2.30 bits per heavy atom. The van der Waals surface area contributed by atoms with Crippen molar-refractivity contribution in [3.8, 4) is 12.3 Å². The third kappa shape index (κ3) is 4.94. The van der Waals surface area contributed by atoms with E-state index in [2.05, 4.69) is 36.1 Å². The minimum absolute atomic E-state index is 0.773. The van der Waals surface area contributed by atoms with E-state index in [4.69, 9.17) is 6.42 Å². The molecule has 3 heteroatoms. The monoisotopic (exact) mass is 290 g/mol. The number of thiophene rings is 1. The van der Waals surface area contributed by atoms with Gasteiger partial charge in [-0.05, 0) is 50.3 Å². The van der Waals surface area contributed by atoms with Gasteiger partial charge in [0.25, 0.3) is 0 Å². The van der Waals surface area contributed by atoms with Crippen LogP contribution in [-0.4, -0.2) is 24.5 Å². The summed E-state index contributed by atoms with van der Waals surface area (Å²) in [7, 11) is 0. The van der Waals surface area contributed by atoms with Gasteiger partial charge in [-0.25, -0.2) is 0 Å². The highest BCUT2D eigenvalue weighted by Crippen LogP contribution is 2.31. The highest BCUT2D eigenvalue weighted by molar-refractivity contribution is 7.12. The summed E-state index contributed by atoms with van der Waals surface area (Å²) in [5.41, 5.74) is 1.46. The van der Waals surface area contributed by atoms with E-state index in [1.807, 2.05) is 11.3 Å². The van der Waals surface area contributed by atoms with Crippen LogP contribution in [0, 0.1) is 25.2 Å². The van der Waals surface area contributed by atoms with Crippen molar-refractivity contribution < 1.29 is 0 Å². The molecule has 1 fully saturated rings. The van der Waals surface area contributed by atoms with Gasteiger partial charge in [-0.1, -0.05) is 12.8 Å². The third-order valence-corrected chi connectivity index (χ3v) is 4.81. The number of aryl methyl sites for hydroxylation is 1. The molecule has 0 atom stereocenters. The van der Waals surface area contributed by atoms with Gasteiger partial charge < -0.3 is 5.32 Å². The van der Waals surface area contributed by atoms with Crippen molar-refractivity contribution >= 4 is 11.3 Å². The van der Waals surface area contributed by atoms with Crippen molar-refractivity contribution in [1.29, 1.82) is 0 Å². The van der Waals surface area contributed by atoms with Crippen LogP contribution in [0.5, 0.6) is 0 Å². The van der Waals surface area contributed by atoms with Crippen molar-refractivity contribution in [2.75, 3.05) is 19.6 Å². The topological polar surface area (TPSA) is 15.3 Å². The number of nitrogens with zero attached hydrogens (tertiary/aromatic N) is 1. The molecule has 2 rings (SSSR count). The molecule has 2 nitrogen and oxygen atoms in total. The molecule has 1 aromatic rings. The fourth-order valence-electron chi connectivity index (χ4n) is 2.44. The largest absolute Gasteiger partial charge is 0.312 e.